The van der Waals surface area contributed by atoms with Crippen molar-refractivity contribution < 1.29 is 31.9 Å². The first-order valence-corrected chi connectivity index (χ1v) is 11.2. The molecule has 0 radical (unpaired) electrons. The van der Waals surface area contributed by atoms with E-state index in [1.54, 1.807) is 49.5 Å². The molecule has 4 rings (SSSR count). The second-order valence-corrected chi connectivity index (χ2v) is 8.71. The summed E-state index contributed by atoms with van der Waals surface area (Å²) in [7, 11) is 1.60. The summed E-state index contributed by atoms with van der Waals surface area (Å²) >= 11 is 0. The highest BCUT2D eigenvalue weighted by Crippen LogP contribution is 2.36. The lowest BCUT2D eigenvalue weighted by molar-refractivity contribution is -0.214. The van der Waals surface area contributed by atoms with Gasteiger partial charge in [-0.3, -0.25) is 9.36 Å². The average Bonchev–Trinajstić information content (AvgIpc) is 3.44. The molecule has 1 aliphatic carbocycles. The van der Waals surface area contributed by atoms with Gasteiger partial charge in [0.15, 0.2) is 11.2 Å². The van der Waals surface area contributed by atoms with Gasteiger partial charge in [-0.25, -0.2) is 9.59 Å². The second-order valence-electron chi connectivity index (χ2n) is 8.71. The number of rotatable bonds is 6. The molecule has 1 aromatic heterocycles. The van der Waals surface area contributed by atoms with Crippen LogP contribution in [-0.4, -0.2) is 34.8 Å². The number of carbonyl (C=O) groups is 2. The molecule has 1 saturated carbocycles. The third kappa shape index (κ3) is 4.84. The average molecular weight is 501 g/mol. The van der Waals surface area contributed by atoms with Crippen LogP contribution in [0.3, 0.4) is 0 Å². The van der Waals surface area contributed by atoms with Crippen LogP contribution < -0.4 is 11.1 Å². The Balaban J connectivity index is 1.46. The lowest BCUT2D eigenvalue weighted by Crippen LogP contribution is -2.50. The summed E-state index contributed by atoms with van der Waals surface area (Å²) in [5.74, 6) is -4.49. The summed E-state index contributed by atoms with van der Waals surface area (Å²) in [6, 6.07) is 14.4. The summed E-state index contributed by atoms with van der Waals surface area (Å²) in [4.78, 5) is 35.9. The standard InChI is InChI=1S/C25H22F3N3O5/c1-31-19-12-17(8-9-20(19)35-23(31)34)15-4-6-16(7-5-15)18(13-29)14-30-21(32)24(10-2-3-11-24)36-22(33)25(26,27)28/h4-9,12,18H,2-3,10-11,14H2,1H3,(H,30,32). The minimum absolute atomic E-state index is 0.0147. The summed E-state index contributed by atoms with van der Waals surface area (Å²) in [6.45, 7) is -0.164. The van der Waals surface area contributed by atoms with Gasteiger partial charge in [0.25, 0.3) is 5.91 Å². The Kier molecular flexibility index (Phi) is 6.63. The lowest BCUT2D eigenvalue weighted by atomic mass is 9.96. The molecule has 0 bridgehead atoms. The molecule has 2 aromatic carbocycles. The van der Waals surface area contributed by atoms with Gasteiger partial charge in [0.05, 0.1) is 17.5 Å². The van der Waals surface area contributed by atoms with Crippen molar-refractivity contribution in [3.63, 3.8) is 0 Å². The van der Waals surface area contributed by atoms with Crippen molar-refractivity contribution in [2.45, 2.75) is 43.4 Å². The van der Waals surface area contributed by atoms with Crippen LogP contribution in [0.25, 0.3) is 22.2 Å². The number of nitrogens with one attached hydrogen (secondary N) is 1. The van der Waals surface area contributed by atoms with E-state index in [9.17, 15) is 32.8 Å². The van der Waals surface area contributed by atoms with Crippen molar-refractivity contribution in [3.8, 4) is 17.2 Å². The largest absolute Gasteiger partial charge is 0.490 e. The summed E-state index contributed by atoms with van der Waals surface area (Å²) in [6.07, 6.45) is -4.34. The van der Waals surface area contributed by atoms with Gasteiger partial charge in [-0.15, -0.1) is 0 Å². The highest BCUT2D eigenvalue weighted by atomic mass is 19.4. The zero-order chi connectivity index (χ0) is 26.1. The predicted molar refractivity (Wildman–Crippen MR) is 122 cm³/mol. The quantitative estimate of drug-likeness (QED) is 0.512. The number of hydrogen-bond acceptors (Lipinski definition) is 6. The van der Waals surface area contributed by atoms with Crippen LogP contribution in [0.4, 0.5) is 13.2 Å². The Labute approximate surface area is 203 Å². The van der Waals surface area contributed by atoms with Crippen LogP contribution in [0, 0.1) is 11.3 Å². The Hall–Kier alpha value is -4.07. The molecule has 0 spiro atoms. The van der Waals surface area contributed by atoms with Crippen molar-refractivity contribution in [2.24, 2.45) is 7.05 Å². The maximum absolute atomic E-state index is 12.8. The van der Waals surface area contributed by atoms with E-state index in [0.717, 1.165) is 11.1 Å². The molecule has 1 N–H and O–H groups in total. The molecular formula is C25H22F3N3O5. The van der Waals surface area contributed by atoms with Gasteiger partial charge < -0.3 is 14.5 Å². The van der Waals surface area contributed by atoms with Gasteiger partial charge in [-0.05, 0) is 54.5 Å². The van der Waals surface area contributed by atoms with E-state index in [1.165, 1.54) is 4.57 Å². The highest BCUT2D eigenvalue weighted by Gasteiger charge is 2.51. The summed E-state index contributed by atoms with van der Waals surface area (Å²) in [5.41, 5.74) is 1.44. The van der Waals surface area contributed by atoms with E-state index in [2.05, 4.69) is 16.1 Å². The number of halogens is 3. The van der Waals surface area contributed by atoms with Crippen molar-refractivity contribution in [3.05, 3.63) is 58.6 Å². The molecule has 3 aromatic rings. The van der Waals surface area contributed by atoms with Crippen molar-refractivity contribution in [1.82, 2.24) is 9.88 Å². The number of amides is 1. The molecule has 36 heavy (non-hydrogen) atoms. The van der Waals surface area contributed by atoms with Gasteiger partial charge in [0.1, 0.15) is 0 Å². The number of aryl methyl sites for hydroxylation is 1. The van der Waals surface area contributed by atoms with Gasteiger partial charge in [0.2, 0.25) is 0 Å². The number of hydrogen-bond donors (Lipinski definition) is 1. The fraction of sp³-hybridized carbons (Fsp3) is 0.360. The maximum Gasteiger partial charge on any atom is 0.490 e. The fourth-order valence-corrected chi connectivity index (χ4v) is 4.36. The maximum atomic E-state index is 12.8. The SMILES string of the molecule is Cn1c(=O)oc2ccc(-c3ccc(C(C#N)CNC(=O)C4(OC(=O)C(F)(F)F)CCCC4)cc3)cc21. The predicted octanol–water partition coefficient (Wildman–Crippen LogP) is 3.94. The third-order valence-corrected chi connectivity index (χ3v) is 6.40. The van der Waals surface area contributed by atoms with Gasteiger partial charge >= 0.3 is 17.9 Å². The molecule has 8 nitrogen and oxygen atoms in total. The number of oxazole rings is 1. The topological polar surface area (TPSA) is 114 Å². The zero-order valence-electron chi connectivity index (χ0n) is 19.2. The number of esters is 1. The van der Waals surface area contributed by atoms with Crippen molar-refractivity contribution in [1.29, 1.82) is 5.26 Å². The van der Waals surface area contributed by atoms with E-state index in [0.29, 0.717) is 29.5 Å². The Morgan fingerprint density at radius 2 is 1.81 bits per heavy atom. The van der Waals surface area contributed by atoms with E-state index in [-0.39, 0.29) is 19.4 Å². The van der Waals surface area contributed by atoms with Crippen LogP contribution in [-0.2, 0) is 21.4 Å². The zero-order valence-corrected chi connectivity index (χ0v) is 19.2. The number of nitriles is 1. The monoisotopic (exact) mass is 501 g/mol. The normalized spacial score (nSPS) is 15.9. The number of aromatic nitrogens is 1. The first-order chi connectivity index (χ1) is 17.0. The highest BCUT2D eigenvalue weighted by molar-refractivity contribution is 5.89. The number of nitrogens with zero attached hydrogens (tertiary/aromatic N) is 2. The molecule has 1 heterocycles. The minimum Gasteiger partial charge on any atom is -0.442 e. The Morgan fingerprint density at radius 3 is 2.42 bits per heavy atom. The minimum atomic E-state index is -5.20. The molecular weight excluding hydrogens is 479 g/mol. The molecule has 188 valence electrons. The molecule has 1 amide bonds. The van der Waals surface area contributed by atoms with Crippen LogP contribution in [0.1, 0.15) is 37.2 Å². The molecule has 1 aliphatic rings. The number of carbonyl (C=O) groups excluding carboxylic acids is 2. The Morgan fingerprint density at radius 1 is 1.17 bits per heavy atom. The van der Waals surface area contributed by atoms with Gasteiger partial charge in [-0.2, -0.15) is 18.4 Å². The van der Waals surface area contributed by atoms with Gasteiger partial charge in [0, 0.05) is 13.6 Å². The summed E-state index contributed by atoms with van der Waals surface area (Å²) < 4.78 is 49.3. The molecule has 1 atom stereocenters. The molecule has 1 unspecified atom stereocenters. The van der Waals surface area contributed by atoms with Crippen molar-refractivity contribution >= 4 is 23.0 Å². The van der Waals surface area contributed by atoms with Crippen LogP contribution in [0.15, 0.2) is 51.7 Å². The van der Waals surface area contributed by atoms with Gasteiger partial charge in [-0.1, -0.05) is 30.3 Å². The fourth-order valence-electron chi connectivity index (χ4n) is 4.36. The Bertz CT molecular complexity index is 1390. The molecule has 1 fully saturated rings. The van der Waals surface area contributed by atoms with Crippen LogP contribution in [0.2, 0.25) is 0 Å². The van der Waals surface area contributed by atoms with E-state index in [1.807, 2.05) is 0 Å². The first-order valence-electron chi connectivity index (χ1n) is 11.2. The number of fused-ring (bicyclic) bond motifs is 1. The summed E-state index contributed by atoms with van der Waals surface area (Å²) in [5, 5.41) is 12.1. The van der Waals surface area contributed by atoms with E-state index >= 15 is 0 Å². The number of benzene rings is 2. The first kappa shape index (κ1) is 25.0. The molecule has 0 aliphatic heterocycles. The van der Waals surface area contributed by atoms with E-state index < -0.39 is 35.3 Å². The number of alkyl halides is 3. The molecule has 0 saturated heterocycles. The van der Waals surface area contributed by atoms with E-state index in [4.69, 9.17) is 4.42 Å². The van der Waals surface area contributed by atoms with Crippen LogP contribution in [0.5, 0.6) is 0 Å². The van der Waals surface area contributed by atoms with Crippen LogP contribution >= 0.6 is 0 Å². The van der Waals surface area contributed by atoms with Crippen molar-refractivity contribution in [2.75, 3.05) is 6.54 Å². The third-order valence-electron chi connectivity index (χ3n) is 6.40. The molecule has 11 heteroatoms. The second kappa shape index (κ2) is 9.53. The lowest BCUT2D eigenvalue weighted by Gasteiger charge is -2.28. The smallest absolute Gasteiger partial charge is 0.442 e. The number of ether oxygens (including phenoxy) is 1.